The van der Waals surface area contributed by atoms with E-state index in [-0.39, 0.29) is 6.61 Å². The molecular formula is C14H16N2O6. The molecule has 3 amide bonds. The number of fused-ring (bicyclic) bond motifs is 1. The summed E-state index contributed by atoms with van der Waals surface area (Å²) in [6.45, 7) is 1.51. The molecule has 0 saturated heterocycles. The van der Waals surface area contributed by atoms with Crippen LogP contribution in [0.15, 0.2) is 24.3 Å². The number of urea groups is 1. The molecule has 118 valence electrons. The first-order valence-corrected chi connectivity index (χ1v) is 6.73. The van der Waals surface area contributed by atoms with Crippen LogP contribution in [0.3, 0.4) is 0 Å². The van der Waals surface area contributed by atoms with Crippen LogP contribution >= 0.6 is 0 Å². The predicted molar refractivity (Wildman–Crippen MR) is 74.5 cm³/mol. The summed E-state index contributed by atoms with van der Waals surface area (Å²) in [7, 11) is 0. The minimum Gasteiger partial charge on any atom is -0.485 e. The smallest absolute Gasteiger partial charge is 0.351 e. The highest BCUT2D eigenvalue weighted by atomic mass is 16.6. The highest BCUT2D eigenvalue weighted by Crippen LogP contribution is 2.30. The second-order valence-corrected chi connectivity index (χ2v) is 4.38. The summed E-state index contributed by atoms with van der Waals surface area (Å²) in [5, 5.41) is 4.40. The molecule has 1 aromatic carbocycles. The molecule has 0 aliphatic carbocycles. The molecule has 1 unspecified atom stereocenters. The van der Waals surface area contributed by atoms with Gasteiger partial charge < -0.3 is 19.5 Å². The fourth-order valence-electron chi connectivity index (χ4n) is 1.73. The van der Waals surface area contributed by atoms with Crippen molar-refractivity contribution < 1.29 is 28.6 Å². The molecule has 1 heterocycles. The molecule has 1 aliphatic rings. The number of hydrogen-bond donors (Lipinski definition) is 2. The largest absolute Gasteiger partial charge is 0.485 e. The fraction of sp³-hybridized carbons (Fsp3) is 0.357. The summed E-state index contributed by atoms with van der Waals surface area (Å²) in [4.78, 5) is 34.3. The minimum absolute atomic E-state index is 0.00616. The number of carbonyl (C=O) groups excluding carboxylic acids is 3. The Morgan fingerprint density at radius 1 is 1.27 bits per heavy atom. The second kappa shape index (κ2) is 7.30. The van der Waals surface area contributed by atoms with E-state index < -0.39 is 30.6 Å². The van der Waals surface area contributed by atoms with Gasteiger partial charge in [-0.05, 0) is 19.1 Å². The summed E-state index contributed by atoms with van der Waals surface area (Å²) in [6, 6.07) is 6.27. The number of amides is 3. The predicted octanol–water partition coefficient (Wildman–Crippen LogP) is 0.215. The van der Waals surface area contributed by atoms with E-state index in [1.165, 1.54) is 0 Å². The third-order valence-electron chi connectivity index (χ3n) is 2.71. The highest BCUT2D eigenvalue weighted by molar-refractivity contribution is 5.95. The third-order valence-corrected chi connectivity index (χ3v) is 2.71. The lowest BCUT2D eigenvalue weighted by atomic mass is 10.2. The van der Waals surface area contributed by atoms with Crippen LogP contribution in [0.2, 0.25) is 0 Å². The van der Waals surface area contributed by atoms with E-state index >= 15 is 0 Å². The first-order valence-electron chi connectivity index (χ1n) is 6.73. The molecule has 0 bridgehead atoms. The zero-order valence-corrected chi connectivity index (χ0v) is 12.0. The van der Waals surface area contributed by atoms with Gasteiger partial charge in [0.2, 0.25) is 6.10 Å². The molecule has 0 aromatic heterocycles. The van der Waals surface area contributed by atoms with Gasteiger partial charge in [0.25, 0.3) is 5.91 Å². The number of rotatable bonds is 4. The summed E-state index contributed by atoms with van der Waals surface area (Å²) in [6.07, 6.45) is -0.952. The number of hydrogen-bond acceptors (Lipinski definition) is 6. The number of benzene rings is 1. The average Bonchev–Trinajstić information content (AvgIpc) is 2.52. The van der Waals surface area contributed by atoms with E-state index in [0.29, 0.717) is 18.0 Å². The number of para-hydroxylation sites is 2. The van der Waals surface area contributed by atoms with E-state index in [1.54, 1.807) is 31.2 Å². The molecule has 8 nitrogen and oxygen atoms in total. The lowest BCUT2D eigenvalue weighted by Crippen LogP contribution is -2.43. The van der Waals surface area contributed by atoms with Gasteiger partial charge in [-0.15, -0.1) is 0 Å². The van der Waals surface area contributed by atoms with Gasteiger partial charge in [-0.3, -0.25) is 10.1 Å². The molecule has 0 spiro atoms. The van der Waals surface area contributed by atoms with Gasteiger partial charge in [0.05, 0.1) is 0 Å². The van der Waals surface area contributed by atoms with Crippen LogP contribution < -0.4 is 20.1 Å². The molecule has 2 rings (SSSR count). The van der Waals surface area contributed by atoms with Crippen LogP contribution in [0, 0.1) is 0 Å². The van der Waals surface area contributed by atoms with Crippen LogP contribution in [0.5, 0.6) is 11.5 Å². The normalized spacial score (nSPS) is 15.6. The van der Waals surface area contributed by atoms with Crippen molar-refractivity contribution in [1.29, 1.82) is 0 Å². The van der Waals surface area contributed by atoms with Crippen molar-refractivity contribution in [2.24, 2.45) is 0 Å². The number of nitrogens with one attached hydrogen (secondary N) is 2. The first-order chi connectivity index (χ1) is 10.6. The average molecular weight is 308 g/mol. The Hall–Kier alpha value is -2.77. The fourth-order valence-corrected chi connectivity index (χ4v) is 1.73. The third kappa shape index (κ3) is 4.11. The topological polar surface area (TPSA) is 103 Å². The SMILES string of the molecule is CCNC(=O)NC(=O)COC(=O)C1COc2ccccc2O1. The molecule has 8 heteroatoms. The monoisotopic (exact) mass is 308 g/mol. The molecule has 1 aromatic rings. The number of esters is 1. The lowest BCUT2D eigenvalue weighted by molar-refractivity contribution is -0.157. The van der Waals surface area contributed by atoms with Crippen LogP contribution in [-0.4, -0.2) is 43.8 Å². The van der Waals surface area contributed by atoms with Crippen molar-refractivity contribution >= 4 is 17.9 Å². The Morgan fingerprint density at radius 2 is 2.00 bits per heavy atom. The quantitative estimate of drug-likeness (QED) is 0.771. The van der Waals surface area contributed by atoms with Gasteiger partial charge in [0.1, 0.15) is 6.61 Å². The summed E-state index contributed by atoms with van der Waals surface area (Å²) < 4.78 is 15.6. The molecule has 1 atom stereocenters. The van der Waals surface area contributed by atoms with E-state index in [4.69, 9.17) is 14.2 Å². The van der Waals surface area contributed by atoms with Crippen molar-refractivity contribution in [1.82, 2.24) is 10.6 Å². The summed E-state index contributed by atoms with van der Waals surface area (Å²) in [5.41, 5.74) is 0. The maximum atomic E-state index is 11.8. The Morgan fingerprint density at radius 3 is 2.73 bits per heavy atom. The van der Waals surface area contributed by atoms with E-state index in [9.17, 15) is 14.4 Å². The molecule has 0 radical (unpaired) electrons. The standard InChI is InChI=1S/C14H16N2O6/c1-2-15-14(19)16-12(17)8-21-13(18)11-7-20-9-5-3-4-6-10(9)22-11/h3-6,11H,2,7-8H2,1H3,(H2,15,16,17,19). The summed E-state index contributed by atoms with van der Waals surface area (Å²) >= 11 is 0. The Bertz CT molecular complexity index is 574. The summed E-state index contributed by atoms with van der Waals surface area (Å²) in [5.74, 6) is -0.486. The Kier molecular flexibility index (Phi) is 5.18. The molecule has 0 saturated carbocycles. The first kappa shape index (κ1) is 15.6. The van der Waals surface area contributed by atoms with Crippen LogP contribution in [0.1, 0.15) is 6.92 Å². The second-order valence-electron chi connectivity index (χ2n) is 4.38. The molecular weight excluding hydrogens is 292 g/mol. The van der Waals surface area contributed by atoms with Gasteiger partial charge in [0.15, 0.2) is 18.1 Å². The van der Waals surface area contributed by atoms with E-state index in [1.807, 2.05) is 5.32 Å². The lowest BCUT2D eigenvalue weighted by Gasteiger charge is -2.24. The molecule has 1 aliphatic heterocycles. The van der Waals surface area contributed by atoms with Gasteiger partial charge >= 0.3 is 12.0 Å². The van der Waals surface area contributed by atoms with Gasteiger partial charge in [-0.2, -0.15) is 0 Å². The van der Waals surface area contributed by atoms with E-state index in [0.717, 1.165) is 0 Å². The van der Waals surface area contributed by atoms with Crippen molar-refractivity contribution in [2.75, 3.05) is 19.8 Å². The van der Waals surface area contributed by atoms with Crippen LogP contribution in [0.4, 0.5) is 4.79 Å². The maximum Gasteiger partial charge on any atom is 0.351 e. The van der Waals surface area contributed by atoms with Crippen molar-refractivity contribution in [2.45, 2.75) is 13.0 Å². The Labute approximate surface area is 126 Å². The van der Waals surface area contributed by atoms with Crippen LogP contribution in [0.25, 0.3) is 0 Å². The molecule has 0 fully saturated rings. The van der Waals surface area contributed by atoms with Crippen LogP contribution in [-0.2, 0) is 14.3 Å². The molecule has 22 heavy (non-hydrogen) atoms. The van der Waals surface area contributed by atoms with E-state index in [2.05, 4.69) is 5.32 Å². The molecule has 2 N–H and O–H groups in total. The van der Waals surface area contributed by atoms with Crippen molar-refractivity contribution in [3.8, 4) is 11.5 Å². The highest BCUT2D eigenvalue weighted by Gasteiger charge is 2.29. The number of ether oxygens (including phenoxy) is 3. The van der Waals surface area contributed by atoms with Crippen molar-refractivity contribution in [3.05, 3.63) is 24.3 Å². The van der Waals surface area contributed by atoms with Gasteiger partial charge in [-0.1, -0.05) is 12.1 Å². The zero-order valence-electron chi connectivity index (χ0n) is 12.0. The zero-order chi connectivity index (χ0) is 15.9. The van der Waals surface area contributed by atoms with Gasteiger partial charge in [-0.25, -0.2) is 9.59 Å². The van der Waals surface area contributed by atoms with Crippen molar-refractivity contribution in [3.63, 3.8) is 0 Å². The number of carbonyl (C=O) groups is 3. The van der Waals surface area contributed by atoms with Gasteiger partial charge in [0, 0.05) is 6.54 Å². The maximum absolute atomic E-state index is 11.8. The minimum atomic E-state index is -0.952. The Balaban J connectivity index is 1.79. The number of imide groups is 1.